The average molecular weight is 1790 g/mol. The zero-order valence-corrected chi connectivity index (χ0v) is 69.5. The molecular formula is C65H100B3Cl9I2N8O12. The number of nitrogens with zero attached hydrogens (tertiary/aromatic N) is 2. The summed E-state index contributed by atoms with van der Waals surface area (Å²) in [4.78, 5) is 59.6. The third-order valence-corrected chi connectivity index (χ3v) is 16.8. The largest absolute Gasteiger partial charge is 0.481 e. The molecule has 0 aliphatic heterocycles. The van der Waals surface area contributed by atoms with E-state index in [4.69, 9.17) is 151 Å². The van der Waals surface area contributed by atoms with Crippen LogP contribution in [0, 0.1) is 3.57 Å². The fourth-order valence-electron chi connectivity index (χ4n) is 8.66. The molecule has 0 saturated carbocycles. The Morgan fingerprint density at radius 3 is 1.12 bits per heavy atom. The van der Waals surface area contributed by atoms with Gasteiger partial charge in [-0.15, -0.1) is 58.0 Å². The van der Waals surface area contributed by atoms with E-state index in [0.29, 0.717) is 96.0 Å². The lowest BCUT2D eigenvalue weighted by Crippen LogP contribution is -2.43. The summed E-state index contributed by atoms with van der Waals surface area (Å²) in [5.41, 5.74) is 21.3. The van der Waals surface area contributed by atoms with Gasteiger partial charge in [-0.05, 0) is 214 Å². The molecule has 4 atom stereocenters. The van der Waals surface area contributed by atoms with Gasteiger partial charge in [0.2, 0.25) is 0 Å². The Balaban J connectivity index is 0. The van der Waals surface area contributed by atoms with Crippen molar-refractivity contribution in [3.05, 3.63) is 113 Å². The Morgan fingerprint density at radius 1 is 0.525 bits per heavy atom. The number of hydrogen-bond acceptors (Lipinski definition) is 19. The topological polar surface area (TPSA) is 315 Å². The van der Waals surface area contributed by atoms with Gasteiger partial charge in [0.1, 0.15) is 23.1 Å². The van der Waals surface area contributed by atoms with Crippen molar-refractivity contribution in [2.45, 2.75) is 169 Å². The van der Waals surface area contributed by atoms with Gasteiger partial charge in [0, 0.05) is 120 Å². The second-order valence-electron chi connectivity index (χ2n) is 25.2. The molecule has 0 aliphatic carbocycles. The summed E-state index contributed by atoms with van der Waals surface area (Å²) < 4.78 is 17.7. The lowest BCUT2D eigenvalue weighted by molar-refractivity contribution is -0.156. The molecule has 0 aliphatic rings. The van der Waals surface area contributed by atoms with Crippen LogP contribution in [0.25, 0.3) is 0 Å². The van der Waals surface area contributed by atoms with Gasteiger partial charge >= 0.3 is 45.0 Å². The highest BCUT2D eigenvalue weighted by molar-refractivity contribution is 14.1. The van der Waals surface area contributed by atoms with Crippen LogP contribution in [0.4, 0.5) is 22.7 Å². The number of nitrogens with two attached hydrogens (primary N) is 3. The first-order valence-electron chi connectivity index (χ1n) is 31.5. The number of rotatable bonds is 32. The number of ether oxygens (including phenoxy) is 3. The number of aliphatic carboxylic acids is 1. The van der Waals surface area contributed by atoms with E-state index in [2.05, 4.69) is 70.7 Å². The molecule has 0 radical (unpaired) electrons. The molecule has 20 nitrogen and oxygen atoms in total. The van der Waals surface area contributed by atoms with Gasteiger partial charge in [0.15, 0.2) is 0 Å². The van der Waals surface area contributed by atoms with E-state index in [1.807, 2.05) is 98.7 Å². The normalized spacial score (nSPS) is 12.2. The van der Waals surface area contributed by atoms with E-state index >= 15 is 0 Å². The number of nitrogen functional groups attached to an aromatic ring is 2. The first-order valence-corrected chi connectivity index (χ1v) is 38.3. The Bertz CT molecular complexity index is 2980. The Kier molecular flexibility index (Phi) is 53.2. The van der Waals surface area contributed by atoms with Crippen LogP contribution < -0.4 is 42.7 Å². The summed E-state index contributed by atoms with van der Waals surface area (Å²) in [6.07, 6.45) is 2.43. The summed E-state index contributed by atoms with van der Waals surface area (Å²) in [7, 11) is -2.11. The summed E-state index contributed by atoms with van der Waals surface area (Å²) in [6, 6.07) is 20.8. The number of carbonyl (C=O) groups is 5. The van der Waals surface area contributed by atoms with Crippen molar-refractivity contribution in [1.29, 1.82) is 0 Å². The van der Waals surface area contributed by atoms with Crippen molar-refractivity contribution in [2.24, 2.45) is 5.73 Å². The molecule has 0 bridgehead atoms. The van der Waals surface area contributed by atoms with Crippen LogP contribution in [0.3, 0.4) is 0 Å². The van der Waals surface area contributed by atoms with E-state index in [0.717, 1.165) is 46.8 Å². The maximum absolute atomic E-state index is 12.3. The number of carbonyl (C=O) groups excluding carboxylic acids is 4. The highest BCUT2D eigenvalue weighted by Crippen LogP contribution is 2.28. The lowest BCUT2D eigenvalue weighted by Gasteiger charge is -2.26. The van der Waals surface area contributed by atoms with Crippen LogP contribution in [-0.2, 0) is 57.4 Å². The number of alkyl halides is 6. The van der Waals surface area contributed by atoms with Crippen LogP contribution >= 0.6 is 150 Å². The summed E-state index contributed by atoms with van der Waals surface area (Å²) in [5.74, 6) is 0.257. The van der Waals surface area contributed by atoms with Crippen LogP contribution in [0.1, 0.15) is 105 Å². The number of aldehydes is 1. The van der Waals surface area contributed by atoms with Crippen molar-refractivity contribution in [3.63, 3.8) is 0 Å². The monoisotopic (exact) mass is 1790 g/mol. The molecule has 4 rings (SSSR count). The van der Waals surface area contributed by atoms with Crippen LogP contribution in [0.2, 0.25) is 40.6 Å². The number of carboxylic acids is 1. The van der Waals surface area contributed by atoms with Gasteiger partial charge in [0.25, 0.3) is 0 Å². The maximum Gasteiger partial charge on any atom is 0.373 e. The Labute approximate surface area is 660 Å². The molecule has 0 spiro atoms. The van der Waals surface area contributed by atoms with Gasteiger partial charge < -0.3 is 81.9 Å². The highest BCUT2D eigenvalue weighted by Gasteiger charge is 2.26. The molecule has 0 heterocycles. The number of anilines is 4. The molecule has 0 amide bonds. The Hall–Kier alpha value is -2.39. The lowest BCUT2D eigenvalue weighted by atomic mass is 9.85. The quantitative estimate of drug-likeness (QED) is 0.00413. The molecule has 0 fully saturated rings. The molecule has 558 valence electrons. The summed E-state index contributed by atoms with van der Waals surface area (Å²) >= 11 is 57.0. The minimum Gasteiger partial charge on any atom is -0.481 e. The average Bonchev–Trinajstić information content (AvgIpc) is 0.853. The first-order chi connectivity index (χ1) is 45.9. The molecule has 0 saturated heterocycles. The minimum absolute atomic E-state index is 0.0413. The zero-order valence-electron chi connectivity index (χ0n) is 58.4. The molecule has 4 aromatic carbocycles. The molecule has 4 aromatic rings. The molecule has 99 heavy (non-hydrogen) atoms. The van der Waals surface area contributed by atoms with Crippen molar-refractivity contribution in [2.75, 3.05) is 81.3 Å². The van der Waals surface area contributed by atoms with Gasteiger partial charge in [-0.3, -0.25) is 19.2 Å². The van der Waals surface area contributed by atoms with Gasteiger partial charge in [-0.1, -0.05) is 69.0 Å². The smallest absolute Gasteiger partial charge is 0.373 e. The molecular weight excluding hydrogens is 1690 g/mol. The van der Waals surface area contributed by atoms with Gasteiger partial charge in [-0.25, -0.2) is 0 Å². The van der Waals surface area contributed by atoms with Crippen molar-refractivity contribution in [3.8, 4) is 0 Å². The van der Waals surface area contributed by atoms with Crippen molar-refractivity contribution < 1.29 is 58.4 Å². The molecule has 0 aromatic heterocycles. The molecule has 34 heteroatoms. The zero-order chi connectivity index (χ0) is 76.4. The van der Waals surface area contributed by atoms with E-state index in [1.54, 1.807) is 56.9 Å². The predicted octanol–water partition coefficient (Wildman–Crippen LogP) is 13.4. The van der Waals surface area contributed by atoms with Crippen LogP contribution in [0.5, 0.6) is 0 Å². The highest BCUT2D eigenvalue weighted by atomic mass is 127. The second-order valence-corrected chi connectivity index (χ2v) is 30.7. The number of benzene rings is 4. The SMILES string of the molecule is CB(O)N[C@@H](CI)CC(=O)OC(C)(C)C.CB(O)N[C@H](CC(=O)OC(C)(C)C)Cc1cc(N(CCCl)CCCl)ccc1Cl.CB(O)N[C@H](CC(=O)OC(C)(C)C)Cc1cc(N)ccc1Cl.N[C@H](CC(=O)O)Cc1cc(N(CCCl)CCCl)ccc1Cl.Nc1ccc(Cl)c(I)c1.O=CCCl. The Morgan fingerprint density at radius 2 is 0.828 bits per heavy atom. The first kappa shape index (κ1) is 98.7. The standard InChI is InChI=1S/C19H30BCl3N2O3.C15H24BClN2O3.C14H19Cl3N2O2.C9H19BINO3.C6H5ClIN.C2H3ClO/c1-19(2,3)28-18(26)13-15(24-20(4)27)11-14-12-16(5-6-17(14)23)25(9-7-21)10-8-22;1-15(2,3)22-14(20)9-12(19-16(4)21)8-10-7-11(18)5-6-13(10)17;15-3-5-19(6-4-16)12-1-2-13(17)10(8-12)7-11(18)9-14(20)21;1-9(2,3)15-8(13)5-7(6-11)12-10(4)14;7-5-2-1-4(9)3-6(5)8;3-1-2-4/h5-6,12,15,24,27H,7-11,13H2,1-4H3;5-7,12,19,21H,8-9,18H2,1-4H3;1-2,8,11H,3-7,9,18H2,(H,20,21);7,12,14H,5-6H2,1-4H3;1-3H,9H2;2H,1H2/t15-;12-;11-;7-;;/m0001../s1. The summed E-state index contributed by atoms with van der Waals surface area (Å²) in [6.45, 7) is 24.0. The third-order valence-electron chi connectivity index (χ3n) is 12.3. The maximum atomic E-state index is 12.3. The van der Waals surface area contributed by atoms with Crippen molar-refractivity contribution >= 4 is 224 Å². The molecule has 13 N–H and O–H groups in total. The second kappa shape index (κ2) is 53.4. The predicted molar refractivity (Wildman–Crippen MR) is 435 cm³/mol. The van der Waals surface area contributed by atoms with E-state index in [9.17, 15) is 29.2 Å². The number of esters is 3. The van der Waals surface area contributed by atoms with E-state index in [-0.39, 0.29) is 67.6 Å². The van der Waals surface area contributed by atoms with Crippen LogP contribution in [0.15, 0.2) is 72.8 Å². The summed E-state index contributed by atoms with van der Waals surface area (Å²) in [5, 5.41) is 48.6. The van der Waals surface area contributed by atoms with E-state index in [1.165, 1.54) is 0 Å². The number of nitrogens with one attached hydrogen (secondary N) is 3. The van der Waals surface area contributed by atoms with Crippen molar-refractivity contribution in [1.82, 2.24) is 15.7 Å². The van der Waals surface area contributed by atoms with Crippen LogP contribution in [-0.4, -0.2) is 172 Å². The fraction of sp³-hybridized carbons (Fsp3) is 0.554. The number of carboxylic acid groups (broad SMARTS) is 1. The number of hydrogen-bond donors (Lipinski definition) is 10. The third kappa shape index (κ3) is 51.5. The van der Waals surface area contributed by atoms with Gasteiger partial charge in [-0.2, -0.15) is 0 Å². The number of halogens is 11. The van der Waals surface area contributed by atoms with Gasteiger partial charge in [0.05, 0.1) is 36.6 Å². The fourth-order valence-corrected chi connectivity index (χ4v) is 11.3. The molecule has 0 unspecified atom stereocenters. The minimum atomic E-state index is -0.916. The van der Waals surface area contributed by atoms with E-state index < -0.39 is 50.0 Å².